The summed E-state index contributed by atoms with van der Waals surface area (Å²) in [6.45, 7) is 4.53. The van der Waals surface area contributed by atoms with Crippen LogP contribution >= 0.6 is 67.9 Å². The van der Waals surface area contributed by atoms with E-state index in [0.29, 0.717) is 0 Å². The maximum absolute atomic E-state index is 3.60. The summed E-state index contributed by atoms with van der Waals surface area (Å²) in [6, 6.07) is 22.3. The van der Waals surface area contributed by atoms with Crippen LogP contribution < -0.4 is 0 Å². The fourth-order valence-corrected chi connectivity index (χ4v) is 9.00. The molecule has 0 saturated heterocycles. The van der Waals surface area contributed by atoms with Gasteiger partial charge in [0.1, 0.15) is 0 Å². The smallest absolute Gasteiger partial charge is 0.0666 e. The Hall–Kier alpha value is -1.84. The quantitative estimate of drug-likeness (QED) is 0.0749. The third kappa shape index (κ3) is 8.20. The van der Waals surface area contributed by atoms with Crippen LogP contribution in [0.1, 0.15) is 98.6 Å². The number of rotatable bonds is 10. The number of hydrogen-bond acceptors (Lipinski definition) is 2. The molecule has 0 saturated carbocycles. The molecule has 0 nitrogen and oxygen atoms in total. The van der Waals surface area contributed by atoms with E-state index in [1.54, 1.807) is 0 Å². The first kappa shape index (κ1) is 31.6. The van der Waals surface area contributed by atoms with E-state index in [2.05, 4.69) is 143 Å². The van der Waals surface area contributed by atoms with E-state index in [1.165, 1.54) is 88.4 Å². The van der Waals surface area contributed by atoms with Gasteiger partial charge in [-0.25, -0.2) is 0 Å². The van der Waals surface area contributed by atoms with E-state index in [9.17, 15) is 0 Å². The normalized spacial score (nSPS) is 11.0. The molecule has 42 heavy (non-hydrogen) atoms. The Kier molecular flexibility index (Phi) is 11.8. The van der Waals surface area contributed by atoms with Crippen LogP contribution in [0, 0.1) is 29.4 Å². The molecule has 2 heterocycles. The lowest BCUT2D eigenvalue weighted by Crippen LogP contribution is -1.87. The Morgan fingerprint density at radius 3 is 1.31 bits per heavy atom. The van der Waals surface area contributed by atoms with Gasteiger partial charge in [0, 0.05) is 21.9 Å². The molecule has 0 aliphatic carbocycles. The van der Waals surface area contributed by atoms with Gasteiger partial charge in [-0.2, -0.15) is 0 Å². The number of fused-ring (bicyclic) bond motifs is 2. The van der Waals surface area contributed by atoms with Gasteiger partial charge in [0.15, 0.2) is 0 Å². The number of unbranched alkanes of at least 4 members (excludes halogenated alkanes) is 6. The van der Waals surface area contributed by atoms with Crippen LogP contribution in [0.5, 0.6) is 0 Å². The van der Waals surface area contributed by atoms with Crippen LogP contribution in [-0.2, 0) is 12.8 Å². The summed E-state index contributed by atoms with van der Waals surface area (Å²) in [4.78, 5) is 0. The van der Waals surface area contributed by atoms with Crippen LogP contribution in [0.2, 0.25) is 0 Å². The van der Waals surface area contributed by atoms with Gasteiger partial charge < -0.3 is 0 Å². The predicted molar refractivity (Wildman–Crippen MR) is 203 cm³/mol. The van der Waals surface area contributed by atoms with Gasteiger partial charge in [0.05, 0.1) is 26.3 Å². The van der Waals surface area contributed by atoms with Crippen molar-refractivity contribution in [3.63, 3.8) is 0 Å². The number of thiophene rings is 2. The zero-order chi connectivity index (χ0) is 29.3. The molecule has 214 valence electrons. The molecule has 0 atom stereocenters. The molecule has 2 aromatic heterocycles. The Morgan fingerprint density at radius 2 is 0.929 bits per heavy atom. The van der Waals surface area contributed by atoms with E-state index in [1.807, 2.05) is 22.7 Å². The van der Waals surface area contributed by atoms with Crippen molar-refractivity contribution < 1.29 is 0 Å². The molecule has 0 fully saturated rings. The van der Waals surface area contributed by atoms with E-state index in [-0.39, 0.29) is 0 Å². The summed E-state index contributed by atoms with van der Waals surface area (Å²) in [5.41, 5.74) is 7.23. The lowest BCUT2D eigenvalue weighted by molar-refractivity contribution is 0.667. The van der Waals surface area contributed by atoms with Gasteiger partial charge in [0.25, 0.3) is 0 Å². The first-order valence-corrected chi connectivity index (χ1v) is 18.9. The average molecular weight is 811 g/mol. The van der Waals surface area contributed by atoms with Crippen molar-refractivity contribution in [1.29, 1.82) is 0 Å². The van der Waals surface area contributed by atoms with Gasteiger partial charge in [-0.3, -0.25) is 0 Å². The van der Waals surface area contributed by atoms with Crippen LogP contribution in [0.3, 0.4) is 0 Å². The van der Waals surface area contributed by atoms with Crippen molar-refractivity contribution >= 4 is 88.0 Å². The van der Waals surface area contributed by atoms with E-state index < -0.39 is 0 Å². The highest BCUT2D eigenvalue weighted by atomic mass is 127. The van der Waals surface area contributed by atoms with Crippen LogP contribution in [0.15, 0.2) is 60.7 Å². The molecule has 0 spiro atoms. The third-order valence-corrected chi connectivity index (χ3v) is 11.4. The number of aryl methyl sites for hydroxylation is 2. The molecule has 0 amide bonds. The van der Waals surface area contributed by atoms with Gasteiger partial charge in [0.2, 0.25) is 0 Å². The van der Waals surface area contributed by atoms with Gasteiger partial charge in [-0.1, -0.05) is 100 Å². The molecule has 0 aliphatic heterocycles. The molecule has 5 rings (SSSR count). The number of halogens is 2. The van der Waals surface area contributed by atoms with E-state index in [0.717, 1.165) is 35.1 Å². The Morgan fingerprint density at radius 1 is 0.524 bits per heavy atom. The first-order chi connectivity index (χ1) is 20.6. The minimum atomic E-state index is 1.07. The van der Waals surface area contributed by atoms with Crippen molar-refractivity contribution in [3.8, 4) is 23.7 Å². The molecule has 0 bridgehead atoms. The Balaban J connectivity index is 1.44. The highest BCUT2D eigenvalue weighted by Gasteiger charge is 2.17. The maximum Gasteiger partial charge on any atom is 0.0666 e. The van der Waals surface area contributed by atoms with E-state index in [4.69, 9.17) is 0 Å². The van der Waals surface area contributed by atoms with Gasteiger partial charge >= 0.3 is 0 Å². The van der Waals surface area contributed by atoms with Crippen molar-refractivity contribution in [3.05, 3.63) is 99.8 Å². The summed E-state index contributed by atoms with van der Waals surface area (Å²) in [6.07, 6.45) is 12.7. The van der Waals surface area contributed by atoms with Crippen molar-refractivity contribution in [2.24, 2.45) is 0 Å². The Labute approximate surface area is 287 Å². The second-order valence-electron chi connectivity index (χ2n) is 10.9. The van der Waals surface area contributed by atoms with Crippen molar-refractivity contribution in [2.75, 3.05) is 0 Å². The predicted octanol–water partition coefficient (Wildman–Crippen LogP) is 12.4. The summed E-state index contributed by atoms with van der Waals surface area (Å²) in [5.74, 6) is 14.2. The third-order valence-electron chi connectivity index (χ3n) is 7.61. The molecular formula is C38H36I2S2. The first-order valence-electron chi connectivity index (χ1n) is 15.1. The minimum Gasteiger partial charge on any atom is -0.128 e. The highest BCUT2D eigenvalue weighted by Crippen LogP contribution is 2.41. The molecule has 0 unspecified atom stereocenters. The summed E-state index contributed by atoms with van der Waals surface area (Å²) in [5, 5.41) is 2.45. The highest BCUT2D eigenvalue weighted by molar-refractivity contribution is 14.1. The molecule has 0 radical (unpaired) electrons. The second-order valence-corrected chi connectivity index (χ2v) is 16.7. The van der Waals surface area contributed by atoms with Crippen LogP contribution in [0.25, 0.3) is 20.2 Å². The topological polar surface area (TPSA) is 0 Å². The molecule has 3 aromatic carbocycles. The maximum atomic E-state index is 3.60. The fraction of sp³-hybridized carbons (Fsp3) is 0.316. The second kappa shape index (κ2) is 15.8. The zero-order valence-corrected chi connectivity index (χ0v) is 30.4. The number of benzene rings is 3. The fourth-order valence-electron chi connectivity index (χ4n) is 5.25. The average Bonchev–Trinajstić information content (AvgIpc) is 3.58. The summed E-state index contributed by atoms with van der Waals surface area (Å²) >= 11 is 8.52. The van der Waals surface area contributed by atoms with Crippen molar-refractivity contribution in [1.82, 2.24) is 0 Å². The molecule has 4 heteroatoms. The lowest BCUT2D eigenvalue weighted by Gasteiger charge is -2.04. The van der Waals surface area contributed by atoms with Crippen molar-refractivity contribution in [2.45, 2.75) is 78.1 Å². The molecule has 0 N–H and O–H groups in total. The zero-order valence-electron chi connectivity index (χ0n) is 24.4. The van der Waals surface area contributed by atoms with Crippen LogP contribution in [-0.4, -0.2) is 0 Å². The van der Waals surface area contributed by atoms with E-state index >= 15 is 0 Å². The molecule has 5 aromatic rings. The molecular weight excluding hydrogens is 774 g/mol. The number of hydrogen-bond donors (Lipinski definition) is 0. The van der Waals surface area contributed by atoms with Crippen LogP contribution in [0.4, 0.5) is 0 Å². The standard InChI is InChI=1S/C38H36I2S2/c1-3-5-7-9-11-27-13-17-29(18-14-27)21-23-31-33-25-35(39)42-38(33)32(34-26-36(40)41-37(31)34)24-22-30-19-15-28(16-20-30)12-10-8-6-4-2/h13-20,25-26H,3-12H2,1-2H3. The Bertz CT molecular complexity index is 1580. The SMILES string of the molecule is CCCCCCc1ccc(C#Cc2c3cc(I)sc3c(C#Cc3ccc(CCCCCC)cc3)c3cc(I)sc23)cc1. The lowest BCUT2D eigenvalue weighted by atomic mass is 10.0. The monoisotopic (exact) mass is 810 g/mol. The van der Waals surface area contributed by atoms with Gasteiger partial charge in [-0.05, 0) is 118 Å². The summed E-state index contributed by atoms with van der Waals surface area (Å²) in [7, 11) is 0. The largest absolute Gasteiger partial charge is 0.128 e. The van der Waals surface area contributed by atoms with Gasteiger partial charge in [-0.15, -0.1) is 22.7 Å². The minimum absolute atomic E-state index is 1.07. The molecule has 0 aliphatic rings. The summed E-state index contributed by atoms with van der Waals surface area (Å²) < 4.78 is 5.02.